The van der Waals surface area contributed by atoms with Gasteiger partial charge in [0.05, 0.1) is 3.79 Å². The molecule has 108 valence electrons. The zero-order valence-corrected chi connectivity index (χ0v) is 14.4. The van der Waals surface area contributed by atoms with E-state index in [2.05, 4.69) is 20.7 Å². The van der Waals surface area contributed by atoms with E-state index in [4.69, 9.17) is 11.6 Å². The molecule has 0 bridgehead atoms. The Morgan fingerprint density at radius 1 is 1.15 bits per heavy atom. The van der Waals surface area contributed by atoms with Crippen LogP contribution in [0.1, 0.15) is 12.0 Å². The number of sulfonamides is 1. The number of thiophene rings is 1. The van der Waals surface area contributed by atoms with Crippen LogP contribution in [0.3, 0.4) is 0 Å². The topological polar surface area (TPSA) is 46.2 Å². The van der Waals surface area contributed by atoms with Crippen LogP contribution in [0.25, 0.3) is 0 Å². The van der Waals surface area contributed by atoms with Crippen LogP contribution in [-0.4, -0.2) is 15.0 Å². The molecule has 0 aliphatic rings. The van der Waals surface area contributed by atoms with Crippen LogP contribution in [-0.2, 0) is 16.4 Å². The lowest BCUT2D eigenvalue weighted by Gasteiger charge is -2.05. The van der Waals surface area contributed by atoms with Gasteiger partial charge in [0.1, 0.15) is 4.21 Å². The van der Waals surface area contributed by atoms with Crippen molar-refractivity contribution < 1.29 is 8.42 Å². The standard InChI is InChI=1S/C13H13BrClNO2S2/c14-12-7-8-13(19-12)20(17,18)16-9-1-2-10-3-5-11(15)6-4-10/h3-8,16H,1-2,9H2. The van der Waals surface area contributed by atoms with Gasteiger partial charge in [-0.1, -0.05) is 23.7 Å². The number of benzene rings is 1. The molecule has 0 atom stereocenters. The summed E-state index contributed by atoms with van der Waals surface area (Å²) in [6.07, 6.45) is 1.56. The fourth-order valence-corrected chi connectivity index (χ4v) is 4.92. The molecule has 3 nitrogen and oxygen atoms in total. The maximum Gasteiger partial charge on any atom is 0.250 e. The Hall–Kier alpha value is -0.400. The Balaban J connectivity index is 1.82. The van der Waals surface area contributed by atoms with Crippen molar-refractivity contribution >= 4 is 48.9 Å². The van der Waals surface area contributed by atoms with Crippen molar-refractivity contribution in [2.75, 3.05) is 6.54 Å². The third kappa shape index (κ3) is 4.56. The lowest BCUT2D eigenvalue weighted by molar-refractivity contribution is 0.581. The van der Waals surface area contributed by atoms with Crippen LogP contribution < -0.4 is 4.72 Å². The van der Waals surface area contributed by atoms with Crippen LogP contribution in [0, 0.1) is 0 Å². The molecule has 0 amide bonds. The van der Waals surface area contributed by atoms with Crippen LogP contribution in [0.5, 0.6) is 0 Å². The molecule has 1 N–H and O–H groups in total. The maximum absolute atomic E-state index is 12.0. The van der Waals surface area contributed by atoms with E-state index >= 15 is 0 Å². The lowest BCUT2D eigenvalue weighted by Crippen LogP contribution is -2.24. The van der Waals surface area contributed by atoms with E-state index in [-0.39, 0.29) is 0 Å². The zero-order chi connectivity index (χ0) is 14.6. The summed E-state index contributed by atoms with van der Waals surface area (Å²) in [7, 11) is -3.38. The third-order valence-corrected chi connectivity index (χ3v) is 6.49. The zero-order valence-electron chi connectivity index (χ0n) is 10.5. The molecule has 0 unspecified atom stereocenters. The molecule has 0 saturated heterocycles. The molecule has 20 heavy (non-hydrogen) atoms. The van der Waals surface area contributed by atoms with Gasteiger partial charge < -0.3 is 0 Å². The molecule has 0 radical (unpaired) electrons. The van der Waals surface area contributed by atoms with Crippen LogP contribution in [0.15, 0.2) is 44.4 Å². The monoisotopic (exact) mass is 393 g/mol. The summed E-state index contributed by atoms with van der Waals surface area (Å²) < 4.78 is 27.7. The summed E-state index contributed by atoms with van der Waals surface area (Å²) in [6.45, 7) is 0.417. The minimum Gasteiger partial charge on any atom is -0.210 e. The number of hydrogen-bond donors (Lipinski definition) is 1. The van der Waals surface area contributed by atoms with Crippen molar-refractivity contribution in [2.24, 2.45) is 0 Å². The molecule has 0 aliphatic carbocycles. The predicted octanol–water partition coefficient (Wildman–Crippen LogP) is 4.08. The fourth-order valence-electron chi connectivity index (χ4n) is 1.66. The maximum atomic E-state index is 12.0. The normalized spacial score (nSPS) is 11.7. The molecule has 0 fully saturated rings. The van der Waals surface area contributed by atoms with Crippen LogP contribution in [0.2, 0.25) is 5.02 Å². The summed E-state index contributed by atoms with van der Waals surface area (Å²) in [5.74, 6) is 0. The highest BCUT2D eigenvalue weighted by molar-refractivity contribution is 9.11. The Bertz CT molecular complexity index is 668. The van der Waals surface area contributed by atoms with Crippen molar-refractivity contribution in [3.8, 4) is 0 Å². The Kier molecular flexibility index (Phi) is 5.63. The van der Waals surface area contributed by atoms with Gasteiger partial charge >= 0.3 is 0 Å². The van der Waals surface area contributed by atoms with Crippen molar-refractivity contribution in [1.82, 2.24) is 4.72 Å². The van der Waals surface area contributed by atoms with Gasteiger partial charge in [0.2, 0.25) is 10.0 Å². The van der Waals surface area contributed by atoms with Crippen molar-refractivity contribution in [1.29, 1.82) is 0 Å². The first-order valence-electron chi connectivity index (χ1n) is 5.97. The Morgan fingerprint density at radius 3 is 2.45 bits per heavy atom. The van der Waals surface area contributed by atoms with Gasteiger partial charge in [0.15, 0.2) is 0 Å². The molecule has 0 saturated carbocycles. The van der Waals surface area contributed by atoms with E-state index in [1.54, 1.807) is 12.1 Å². The molecule has 1 aromatic carbocycles. The molecule has 7 heteroatoms. The highest BCUT2D eigenvalue weighted by atomic mass is 79.9. The Labute approximate surface area is 136 Å². The van der Waals surface area contributed by atoms with E-state index < -0.39 is 10.0 Å². The van der Waals surface area contributed by atoms with Crippen LogP contribution >= 0.6 is 38.9 Å². The molecule has 0 aliphatic heterocycles. The summed E-state index contributed by atoms with van der Waals surface area (Å²) in [4.78, 5) is 0. The second-order valence-corrected chi connectivity index (χ2v) is 9.08. The third-order valence-electron chi connectivity index (χ3n) is 2.66. The first kappa shape index (κ1) is 16.0. The second kappa shape index (κ2) is 7.04. The summed E-state index contributed by atoms with van der Waals surface area (Å²) >= 11 is 10.3. The number of rotatable bonds is 6. The van der Waals surface area contributed by atoms with E-state index in [0.717, 1.165) is 22.2 Å². The smallest absolute Gasteiger partial charge is 0.210 e. The summed E-state index contributed by atoms with van der Waals surface area (Å²) in [5, 5.41) is 0.706. The fraction of sp³-hybridized carbons (Fsp3) is 0.231. The summed E-state index contributed by atoms with van der Waals surface area (Å²) in [5.41, 5.74) is 1.15. The van der Waals surface area contributed by atoms with E-state index in [9.17, 15) is 8.42 Å². The largest absolute Gasteiger partial charge is 0.250 e. The van der Waals surface area contributed by atoms with Crippen LogP contribution in [0.4, 0.5) is 0 Å². The quantitative estimate of drug-likeness (QED) is 0.751. The lowest BCUT2D eigenvalue weighted by atomic mass is 10.1. The van der Waals surface area contributed by atoms with Gasteiger partial charge in [-0.25, -0.2) is 13.1 Å². The van der Waals surface area contributed by atoms with E-state index in [1.165, 1.54) is 11.3 Å². The molecule has 2 aromatic rings. The highest BCUT2D eigenvalue weighted by Gasteiger charge is 2.15. The highest BCUT2D eigenvalue weighted by Crippen LogP contribution is 2.25. The van der Waals surface area contributed by atoms with E-state index in [1.807, 2.05) is 24.3 Å². The van der Waals surface area contributed by atoms with Crippen molar-refractivity contribution in [3.63, 3.8) is 0 Å². The second-order valence-electron chi connectivity index (χ2n) is 4.19. The Morgan fingerprint density at radius 2 is 1.85 bits per heavy atom. The van der Waals surface area contributed by atoms with Gasteiger partial charge in [-0.2, -0.15) is 0 Å². The minimum atomic E-state index is -3.38. The van der Waals surface area contributed by atoms with E-state index in [0.29, 0.717) is 15.8 Å². The molecular weight excluding hydrogens is 382 g/mol. The number of hydrogen-bond acceptors (Lipinski definition) is 3. The number of aryl methyl sites for hydroxylation is 1. The van der Waals surface area contributed by atoms with Crippen molar-refractivity contribution in [2.45, 2.75) is 17.1 Å². The average molecular weight is 395 g/mol. The molecule has 1 heterocycles. The van der Waals surface area contributed by atoms with Gasteiger partial charge in [-0.15, -0.1) is 11.3 Å². The molecule has 0 spiro atoms. The van der Waals surface area contributed by atoms with Crippen molar-refractivity contribution in [3.05, 3.63) is 50.8 Å². The van der Waals surface area contributed by atoms with Gasteiger partial charge in [-0.05, 0) is 58.6 Å². The molecule has 2 rings (SSSR count). The molecular formula is C13H13BrClNO2S2. The number of nitrogens with one attached hydrogen (secondary N) is 1. The van der Waals surface area contributed by atoms with Gasteiger partial charge in [-0.3, -0.25) is 0 Å². The summed E-state index contributed by atoms with van der Waals surface area (Å²) in [6, 6.07) is 10.9. The van der Waals surface area contributed by atoms with Gasteiger partial charge in [0.25, 0.3) is 0 Å². The SMILES string of the molecule is O=S(=O)(NCCCc1ccc(Cl)cc1)c1ccc(Br)s1. The minimum absolute atomic E-state index is 0.330. The number of halogens is 2. The average Bonchev–Trinajstić information content (AvgIpc) is 2.84. The first-order valence-corrected chi connectivity index (χ1v) is 9.44. The first-order chi connectivity index (χ1) is 9.47. The molecule has 1 aromatic heterocycles. The van der Waals surface area contributed by atoms with Gasteiger partial charge in [0, 0.05) is 11.6 Å². The predicted molar refractivity (Wildman–Crippen MR) is 87.0 cm³/mol.